The van der Waals surface area contributed by atoms with Crippen molar-refractivity contribution in [1.82, 2.24) is 0 Å². The Labute approximate surface area is 130 Å². The first kappa shape index (κ1) is 16.6. The molecule has 1 aliphatic heterocycles. The van der Waals surface area contributed by atoms with Crippen molar-refractivity contribution >= 4 is 19.7 Å². The third-order valence-electron chi connectivity index (χ3n) is 3.95. The highest BCUT2D eigenvalue weighted by Crippen LogP contribution is 2.32. The zero-order chi connectivity index (χ0) is 15.6. The monoisotopic (exact) mass is 332 g/mol. The van der Waals surface area contributed by atoms with E-state index in [4.69, 9.17) is 20.2 Å². The van der Waals surface area contributed by atoms with E-state index in [1.165, 1.54) is 0 Å². The van der Waals surface area contributed by atoms with Crippen LogP contribution in [0.25, 0.3) is 0 Å². The van der Waals surface area contributed by atoms with Gasteiger partial charge in [-0.05, 0) is 56.4 Å². The molecule has 0 aromatic heterocycles. The molecule has 1 heterocycles. The summed E-state index contributed by atoms with van der Waals surface area (Å²) in [6.07, 6.45) is 3.34. The van der Waals surface area contributed by atoms with Gasteiger partial charge in [0.15, 0.2) is 0 Å². The Kier molecular flexibility index (Phi) is 5.17. The molecule has 1 aromatic rings. The van der Waals surface area contributed by atoms with Gasteiger partial charge in [0.2, 0.25) is 0 Å². The van der Waals surface area contributed by atoms with Crippen LogP contribution in [-0.4, -0.2) is 27.7 Å². The fourth-order valence-corrected chi connectivity index (χ4v) is 3.98. The molecule has 6 heteroatoms. The minimum absolute atomic E-state index is 0.158. The molecule has 0 aliphatic carbocycles. The van der Waals surface area contributed by atoms with E-state index in [1.54, 1.807) is 13.0 Å². The highest BCUT2D eigenvalue weighted by molar-refractivity contribution is 8.13. The number of hydrogen-bond acceptors (Lipinski definition) is 4. The summed E-state index contributed by atoms with van der Waals surface area (Å²) in [4.78, 5) is 0.158. The van der Waals surface area contributed by atoms with Gasteiger partial charge in [-0.1, -0.05) is 0 Å². The zero-order valence-electron chi connectivity index (χ0n) is 12.6. The van der Waals surface area contributed by atoms with Crippen LogP contribution in [0.3, 0.4) is 0 Å². The van der Waals surface area contributed by atoms with Gasteiger partial charge >= 0.3 is 0 Å². The van der Waals surface area contributed by atoms with Gasteiger partial charge < -0.3 is 9.47 Å². The molecule has 1 saturated heterocycles. The highest BCUT2D eigenvalue weighted by Gasteiger charge is 2.20. The minimum atomic E-state index is -3.73. The summed E-state index contributed by atoms with van der Waals surface area (Å²) in [5.41, 5.74) is 2.24. The molecule has 0 spiro atoms. The van der Waals surface area contributed by atoms with Crippen molar-refractivity contribution in [3.8, 4) is 5.75 Å². The normalized spacial score (nSPS) is 19.0. The average Bonchev–Trinajstić information content (AvgIpc) is 2.89. The quantitative estimate of drug-likeness (QED) is 0.774. The van der Waals surface area contributed by atoms with E-state index in [0.717, 1.165) is 42.7 Å². The maximum atomic E-state index is 11.6. The fraction of sp³-hybridized carbons (Fsp3) is 0.600. The Bertz CT molecular complexity index is 619. The van der Waals surface area contributed by atoms with Gasteiger partial charge in [-0.25, -0.2) is 8.42 Å². The van der Waals surface area contributed by atoms with Gasteiger partial charge in [-0.2, -0.15) is 0 Å². The molecule has 1 fully saturated rings. The minimum Gasteiger partial charge on any atom is -0.493 e. The maximum absolute atomic E-state index is 11.6. The second kappa shape index (κ2) is 6.55. The summed E-state index contributed by atoms with van der Waals surface area (Å²) in [6, 6.07) is 1.58. The lowest BCUT2D eigenvalue weighted by Gasteiger charge is -2.17. The van der Waals surface area contributed by atoms with Crippen LogP contribution in [0, 0.1) is 20.8 Å². The molecule has 0 saturated carbocycles. The Hall–Kier alpha value is -0.780. The van der Waals surface area contributed by atoms with E-state index in [0.29, 0.717) is 12.2 Å². The van der Waals surface area contributed by atoms with E-state index in [2.05, 4.69) is 0 Å². The van der Waals surface area contributed by atoms with Crippen molar-refractivity contribution in [3.05, 3.63) is 22.8 Å². The van der Waals surface area contributed by atoms with Crippen molar-refractivity contribution < 1.29 is 17.9 Å². The Morgan fingerprint density at radius 3 is 2.62 bits per heavy atom. The first-order valence-corrected chi connectivity index (χ1v) is 9.41. The van der Waals surface area contributed by atoms with E-state index >= 15 is 0 Å². The lowest BCUT2D eigenvalue weighted by Crippen LogP contribution is -2.12. The molecule has 1 unspecified atom stereocenters. The molecule has 0 bridgehead atoms. The summed E-state index contributed by atoms with van der Waals surface area (Å²) < 4.78 is 34.6. The Morgan fingerprint density at radius 2 is 2.05 bits per heavy atom. The number of benzene rings is 1. The summed E-state index contributed by atoms with van der Waals surface area (Å²) in [7, 11) is 1.73. The molecule has 4 nitrogen and oxygen atoms in total. The fourth-order valence-electron chi connectivity index (χ4n) is 2.66. The van der Waals surface area contributed by atoms with Crippen LogP contribution >= 0.6 is 10.7 Å². The number of rotatable bonds is 5. The highest BCUT2D eigenvalue weighted by atomic mass is 35.7. The molecule has 2 rings (SSSR count). The van der Waals surface area contributed by atoms with Crippen LogP contribution in [0.2, 0.25) is 0 Å². The second-order valence-corrected chi connectivity index (χ2v) is 8.02. The number of halogens is 1. The topological polar surface area (TPSA) is 52.6 Å². The van der Waals surface area contributed by atoms with Gasteiger partial charge in [0.05, 0.1) is 17.6 Å². The molecule has 0 N–H and O–H groups in total. The van der Waals surface area contributed by atoms with Crippen molar-refractivity contribution in [1.29, 1.82) is 0 Å². The van der Waals surface area contributed by atoms with Gasteiger partial charge in [0.25, 0.3) is 9.05 Å². The summed E-state index contributed by atoms with van der Waals surface area (Å²) >= 11 is 0. The van der Waals surface area contributed by atoms with Crippen LogP contribution in [-0.2, 0) is 13.8 Å². The van der Waals surface area contributed by atoms with Crippen molar-refractivity contribution in [2.24, 2.45) is 0 Å². The molecule has 1 aliphatic rings. The molecule has 1 atom stereocenters. The largest absolute Gasteiger partial charge is 0.493 e. The summed E-state index contributed by atoms with van der Waals surface area (Å²) in [5, 5.41) is 0. The standard InChI is InChI=1S/C15H21ClO4S/c1-10-9-14(21(16,17)18)11(2)12(3)15(10)20-8-6-13-5-4-7-19-13/h9,13H,4-8H2,1-3H3. The SMILES string of the molecule is Cc1cc(S(=O)(=O)Cl)c(C)c(C)c1OCCC1CCCO1. The van der Waals surface area contributed by atoms with Crippen molar-refractivity contribution in [2.45, 2.75) is 51.0 Å². The van der Waals surface area contributed by atoms with Crippen LogP contribution in [0.5, 0.6) is 5.75 Å². The van der Waals surface area contributed by atoms with Gasteiger partial charge in [0, 0.05) is 23.7 Å². The van der Waals surface area contributed by atoms with E-state index in [-0.39, 0.29) is 11.0 Å². The smallest absolute Gasteiger partial charge is 0.261 e. The first-order chi connectivity index (χ1) is 9.80. The molecule has 118 valence electrons. The van der Waals surface area contributed by atoms with Gasteiger partial charge in [-0.3, -0.25) is 0 Å². The average molecular weight is 333 g/mol. The third-order valence-corrected chi connectivity index (χ3v) is 5.40. The molecule has 21 heavy (non-hydrogen) atoms. The Balaban J connectivity index is 2.14. The van der Waals surface area contributed by atoms with E-state index in [1.807, 2.05) is 13.8 Å². The van der Waals surface area contributed by atoms with Crippen LogP contribution < -0.4 is 4.74 Å². The van der Waals surface area contributed by atoms with E-state index in [9.17, 15) is 8.42 Å². The molecular weight excluding hydrogens is 312 g/mol. The summed E-state index contributed by atoms with van der Waals surface area (Å²) in [6.45, 7) is 6.84. The lowest BCUT2D eigenvalue weighted by atomic mass is 10.1. The Morgan fingerprint density at radius 1 is 1.33 bits per heavy atom. The third kappa shape index (κ3) is 3.90. The predicted octanol–water partition coefficient (Wildman–Crippen LogP) is 3.49. The van der Waals surface area contributed by atoms with Crippen LogP contribution in [0.15, 0.2) is 11.0 Å². The molecular formula is C15H21ClO4S. The molecule has 1 aromatic carbocycles. The van der Waals surface area contributed by atoms with E-state index < -0.39 is 9.05 Å². The maximum Gasteiger partial charge on any atom is 0.261 e. The number of ether oxygens (including phenoxy) is 2. The number of hydrogen-bond donors (Lipinski definition) is 0. The van der Waals surface area contributed by atoms with Gasteiger partial charge in [-0.15, -0.1) is 0 Å². The first-order valence-electron chi connectivity index (χ1n) is 7.10. The van der Waals surface area contributed by atoms with Crippen molar-refractivity contribution in [2.75, 3.05) is 13.2 Å². The van der Waals surface area contributed by atoms with Crippen LogP contribution in [0.4, 0.5) is 0 Å². The van der Waals surface area contributed by atoms with Gasteiger partial charge in [0.1, 0.15) is 5.75 Å². The number of aryl methyl sites for hydroxylation is 1. The molecule has 0 amide bonds. The van der Waals surface area contributed by atoms with Crippen molar-refractivity contribution in [3.63, 3.8) is 0 Å². The molecule has 0 radical (unpaired) electrons. The lowest BCUT2D eigenvalue weighted by molar-refractivity contribution is 0.0901. The predicted molar refractivity (Wildman–Crippen MR) is 82.8 cm³/mol. The summed E-state index contributed by atoms with van der Waals surface area (Å²) in [5.74, 6) is 0.745. The second-order valence-electron chi connectivity index (χ2n) is 5.48. The zero-order valence-corrected chi connectivity index (χ0v) is 14.2. The van der Waals surface area contributed by atoms with Crippen LogP contribution in [0.1, 0.15) is 36.0 Å².